The van der Waals surface area contributed by atoms with Crippen molar-refractivity contribution in [1.29, 1.82) is 0 Å². The summed E-state index contributed by atoms with van der Waals surface area (Å²) >= 11 is 0. The zero-order chi connectivity index (χ0) is 16.9. The van der Waals surface area contributed by atoms with Gasteiger partial charge in [0.2, 0.25) is 0 Å². The van der Waals surface area contributed by atoms with Gasteiger partial charge in [0.1, 0.15) is 5.75 Å². The molecule has 3 nitrogen and oxygen atoms in total. The number of ether oxygens (including phenoxy) is 1. The van der Waals surface area contributed by atoms with Gasteiger partial charge in [-0.3, -0.25) is 4.79 Å². The first-order valence-electron chi connectivity index (χ1n) is 8.83. The molecule has 126 valence electrons. The van der Waals surface area contributed by atoms with Crippen molar-refractivity contribution in [2.24, 2.45) is 0 Å². The molecule has 1 N–H and O–H groups in total. The first-order valence-corrected chi connectivity index (χ1v) is 8.83. The zero-order valence-corrected chi connectivity index (χ0v) is 14.5. The first kappa shape index (κ1) is 16.6. The van der Waals surface area contributed by atoms with Crippen molar-refractivity contribution in [2.45, 2.75) is 45.6 Å². The Labute approximate surface area is 144 Å². The molecule has 0 aliphatic heterocycles. The molecule has 0 aromatic heterocycles. The third-order valence-electron chi connectivity index (χ3n) is 4.65. The van der Waals surface area contributed by atoms with Crippen LogP contribution in [0.5, 0.6) is 5.75 Å². The summed E-state index contributed by atoms with van der Waals surface area (Å²) in [7, 11) is 0. The highest BCUT2D eigenvalue weighted by molar-refractivity contribution is 5.94. The van der Waals surface area contributed by atoms with Crippen molar-refractivity contribution < 1.29 is 9.53 Å². The fourth-order valence-electron chi connectivity index (χ4n) is 3.26. The van der Waals surface area contributed by atoms with Crippen LogP contribution < -0.4 is 10.1 Å². The minimum absolute atomic E-state index is 0.00948. The third-order valence-corrected chi connectivity index (χ3v) is 4.65. The van der Waals surface area contributed by atoms with Crippen LogP contribution >= 0.6 is 0 Å². The maximum atomic E-state index is 12.5. The first-order chi connectivity index (χ1) is 11.7. The van der Waals surface area contributed by atoms with Crippen molar-refractivity contribution in [3.63, 3.8) is 0 Å². The summed E-state index contributed by atoms with van der Waals surface area (Å²) in [5.74, 6) is 0.847. The zero-order valence-electron chi connectivity index (χ0n) is 14.5. The number of carbonyl (C=O) groups excluding carboxylic acids is 1. The van der Waals surface area contributed by atoms with Crippen LogP contribution in [0.3, 0.4) is 0 Å². The number of aryl methyl sites for hydroxylation is 2. The molecule has 3 heteroatoms. The van der Waals surface area contributed by atoms with Crippen molar-refractivity contribution in [3.05, 3.63) is 64.7 Å². The van der Waals surface area contributed by atoms with Gasteiger partial charge in [0.05, 0.1) is 12.6 Å². The normalized spacial score (nSPS) is 14.6. The largest absolute Gasteiger partial charge is 0.494 e. The Morgan fingerprint density at radius 2 is 1.79 bits per heavy atom. The van der Waals surface area contributed by atoms with E-state index >= 15 is 0 Å². The van der Waals surface area contributed by atoms with Crippen LogP contribution in [0.2, 0.25) is 0 Å². The van der Waals surface area contributed by atoms with Crippen molar-refractivity contribution in [1.82, 2.24) is 5.32 Å². The van der Waals surface area contributed by atoms with Crippen molar-refractivity contribution >= 4 is 5.91 Å². The highest BCUT2D eigenvalue weighted by Crippen LogP contribution is 2.23. The van der Waals surface area contributed by atoms with Crippen LogP contribution in [-0.2, 0) is 12.8 Å². The lowest BCUT2D eigenvalue weighted by Crippen LogP contribution is -2.26. The van der Waals surface area contributed by atoms with E-state index in [-0.39, 0.29) is 11.9 Å². The molecule has 2 aromatic rings. The van der Waals surface area contributed by atoms with Gasteiger partial charge >= 0.3 is 0 Å². The molecular formula is C21H25NO2. The average molecular weight is 323 g/mol. The van der Waals surface area contributed by atoms with E-state index in [0.29, 0.717) is 6.61 Å². The Morgan fingerprint density at radius 3 is 2.50 bits per heavy atom. The molecule has 0 saturated carbocycles. The van der Waals surface area contributed by atoms with E-state index in [2.05, 4.69) is 17.4 Å². The summed E-state index contributed by atoms with van der Waals surface area (Å²) < 4.78 is 5.46. The predicted octanol–water partition coefficient (Wildman–Crippen LogP) is 4.46. The summed E-state index contributed by atoms with van der Waals surface area (Å²) in [6.07, 6.45) is 4.71. The highest BCUT2D eigenvalue weighted by Gasteiger charge is 2.15. The summed E-state index contributed by atoms with van der Waals surface area (Å²) in [6.45, 7) is 4.63. The number of hydrogen-bond acceptors (Lipinski definition) is 2. The minimum atomic E-state index is -0.0378. The molecular weight excluding hydrogens is 298 g/mol. The smallest absolute Gasteiger partial charge is 0.251 e. The summed E-state index contributed by atoms with van der Waals surface area (Å²) in [6, 6.07) is 14.0. The van der Waals surface area contributed by atoms with Gasteiger partial charge in [0.15, 0.2) is 0 Å². The number of benzene rings is 2. The van der Waals surface area contributed by atoms with Crippen LogP contribution in [0.1, 0.15) is 59.8 Å². The third kappa shape index (κ3) is 3.78. The summed E-state index contributed by atoms with van der Waals surface area (Å²) in [4.78, 5) is 12.5. The lowest BCUT2D eigenvalue weighted by molar-refractivity contribution is 0.0939. The molecule has 3 rings (SSSR count). The molecule has 1 unspecified atom stereocenters. The second-order valence-corrected chi connectivity index (χ2v) is 6.39. The Kier molecular flexibility index (Phi) is 5.19. The van der Waals surface area contributed by atoms with Crippen LogP contribution in [0.25, 0.3) is 0 Å². The van der Waals surface area contributed by atoms with E-state index in [4.69, 9.17) is 4.74 Å². The Bertz CT molecular complexity index is 706. The number of carbonyl (C=O) groups is 1. The van der Waals surface area contributed by atoms with Crippen LogP contribution in [0, 0.1) is 0 Å². The van der Waals surface area contributed by atoms with E-state index in [0.717, 1.165) is 29.7 Å². The quantitative estimate of drug-likeness (QED) is 0.882. The van der Waals surface area contributed by atoms with Gasteiger partial charge < -0.3 is 10.1 Å². The lowest BCUT2D eigenvalue weighted by Gasteiger charge is -2.18. The standard InChI is InChI=1S/C21H25NO2/c1-3-24-20-12-10-16(11-13-20)15(2)22-21(23)19-9-8-17-6-4-5-7-18(17)14-19/h8-15H,3-7H2,1-2H3,(H,22,23). The van der Waals surface area contributed by atoms with Gasteiger partial charge in [-0.15, -0.1) is 0 Å². The fraction of sp³-hybridized carbons (Fsp3) is 0.381. The van der Waals surface area contributed by atoms with Gasteiger partial charge in [0, 0.05) is 5.56 Å². The number of fused-ring (bicyclic) bond motifs is 1. The Balaban J connectivity index is 1.67. The highest BCUT2D eigenvalue weighted by atomic mass is 16.5. The number of amides is 1. The van der Waals surface area contributed by atoms with E-state index in [1.165, 1.54) is 24.0 Å². The van der Waals surface area contributed by atoms with Gasteiger partial charge in [-0.05, 0) is 80.5 Å². The van der Waals surface area contributed by atoms with Gasteiger partial charge in [0.25, 0.3) is 5.91 Å². The van der Waals surface area contributed by atoms with Crippen molar-refractivity contribution in [2.75, 3.05) is 6.61 Å². The molecule has 0 radical (unpaired) electrons. The van der Waals surface area contributed by atoms with Crippen LogP contribution in [0.15, 0.2) is 42.5 Å². The molecule has 1 aliphatic rings. The SMILES string of the molecule is CCOc1ccc(C(C)NC(=O)c2ccc3c(c2)CCCC3)cc1. The predicted molar refractivity (Wildman–Crippen MR) is 96.6 cm³/mol. The number of hydrogen-bond donors (Lipinski definition) is 1. The summed E-state index contributed by atoms with van der Waals surface area (Å²) in [5.41, 5.74) is 4.57. The van der Waals surface area contributed by atoms with E-state index in [1.807, 2.05) is 44.2 Å². The maximum Gasteiger partial charge on any atom is 0.251 e. The maximum absolute atomic E-state index is 12.5. The molecule has 0 saturated heterocycles. The minimum Gasteiger partial charge on any atom is -0.494 e. The van der Waals surface area contributed by atoms with E-state index in [1.54, 1.807) is 0 Å². The lowest BCUT2D eigenvalue weighted by atomic mass is 9.90. The van der Waals surface area contributed by atoms with E-state index < -0.39 is 0 Å². The van der Waals surface area contributed by atoms with E-state index in [9.17, 15) is 4.79 Å². The van der Waals surface area contributed by atoms with Crippen LogP contribution in [0.4, 0.5) is 0 Å². The van der Waals surface area contributed by atoms with Gasteiger partial charge in [-0.1, -0.05) is 18.2 Å². The van der Waals surface area contributed by atoms with Gasteiger partial charge in [-0.2, -0.15) is 0 Å². The summed E-state index contributed by atoms with van der Waals surface area (Å²) in [5, 5.41) is 3.09. The fourth-order valence-corrected chi connectivity index (χ4v) is 3.26. The topological polar surface area (TPSA) is 38.3 Å². The molecule has 1 aliphatic carbocycles. The number of nitrogens with one attached hydrogen (secondary N) is 1. The monoisotopic (exact) mass is 323 g/mol. The number of rotatable bonds is 5. The molecule has 1 atom stereocenters. The molecule has 0 bridgehead atoms. The molecule has 0 fully saturated rings. The molecule has 1 amide bonds. The van der Waals surface area contributed by atoms with Crippen LogP contribution in [-0.4, -0.2) is 12.5 Å². The molecule has 24 heavy (non-hydrogen) atoms. The second-order valence-electron chi connectivity index (χ2n) is 6.39. The van der Waals surface area contributed by atoms with Crippen molar-refractivity contribution in [3.8, 4) is 5.75 Å². The molecule has 2 aromatic carbocycles. The average Bonchev–Trinajstić information content (AvgIpc) is 2.62. The Morgan fingerprint density at radius 1 is 1.08 bits per heavy atom. The van der Waals surface area contributed by atoms with Gasteiger partial charge in [-0.25, -0.2) is 0 Å². The Hall–Kier alpha value is -2.29. The second kappa shape index (κ2) is 7.52. The molecule has 0 heterocycles. The molecule has 0 spiro atoms.